The number of anilines is 2. The number of amides is 3. The van der Waals surface area contributed by atoms with Gasteiger partial charge in [0.25, 0.3) is 17.7 Å². The Balaban J connectivity index is 1.21. The molecule has 6 rings (SSSR count). The molecule has 0 atom stereocenters. The summed E-state index contributed by atoms with van der Waals surface area (Å²) < 4.78 is 45.1. The van der Waals surface area contributed by atoms with Crippen LogP contribution in [0.3, 0.4) is 0 Å². The van der Waals surface area contributed by atoms with Crippen LogP contribution in [0.25, 0.3) is 11.3 Å². The number of ether oxygens (including phenoxy) is 1. The van der Waals surface area contributed by atoms with Gasteiger partial charge in [0.05, 0.1) is 30.2 Å². The average molecular weight is 743 g/mol. The van der Waals surface area contributed by atoms with Crippen molar-refractivity contribution >= 4 is 29.1 Å². The number of benzene rings is 3. The van der Waals surface area contributed by atoms with Crippen molar-refractivity contribution in [2.24, 2.45) is 0 Å². The summed E-state index contributed by atoms with van der Waals surface area (Å²) in [5.74, 6) is -1.05. The number of carbonyl (C=O) groups is 3. The summed E-state index contributed by atoms with van der Waals surface area (Å²) in [5, 5.41) is 5.72. The molecule has 3 amide bonds. The fraction of sp³-hybridized carbons (Fsp3) is 0.366. The van der Waals surface area contributed by atoms with Crippen LogP contribution in [0.1, 0.15) is 68.4 Å². The monoisotopic (exact) mass is 742 g/mol. The molecule has 13 heteroatoms. The fourth-order valence-corrected chi connectivity index (χ4v) is 6.72. The standard InChI is InChI=1S/C41H45F3N6O4/c1-2-49(19-18-48-20-22-54-23-21-48)40(53)32-10-7-9-30(25-32)39(52)47-36-13-12-34(50-16-4-3-5-17-50)27-35(36)37-26-31(14-15-45-37)38(51)46-28-29-8-6-11-33(24-29)41(42,43)44/h6-15,24-27H,2-5,16-23,28H2,1H3,(H,46,51)(H,47,52). The fourth-order valence-electron chi connectivity index (χ4n) is 6.72. The Morgan fingerprint density at radius 1 is 0.833 bits per heavy atom. The number of alkyl halides is 3. The van der Waals surface area contributed by atoms with Crippen molar-refractivity contribution in [2.75, 3.05) is 69.2 Å². The molecule has 2 aliphatic heterocycles. The molecule has 1 aromatic heterocycles. The minimum absolute atomic E-state index is 0.0996. The largest absolute Gasteiger partial charge is 0.416 e. The molecular weight excluding hydrogens is 697 g/mol. The summed E-state index contributed by atoms with van der Waals surface area (Å²) >= 11 is 0. The maximum Gasteiger partial charge on any atom is 0.416 e. The van der Waals surface area contributed by atoms with Crippen molar-refractivity contribution in [3.8, 4) is 11.3 Å². The Bertz CT molecular complexity index is 1940. The van der Waals surface area contributed by atoms with Crippen LogP contribution >= 0.6 is 0 Å². The second-order valence-electron chi connectivity index (χ2n) is 13.5. The van der Waals surface area contributed by atoms with Gasteiger partial charge in [0, 0.05) is 86.5 Å². The lowest BCUT2D eigenvalue weighted by Gasteiger charge is -2.29. The topological polar surface area (TPSA) is 107 Å². The first kappa shape index (κ1) is 38.5. The summed E-state index contributed by atoms with van der Waals surface area (Å²) in [4.78, 5) is 51.5. The molecule has 0 radical (unpaired) electrons. The van der Waals surface area contributed by atoms with Crippen LogP contribution in [-0.4, -0.2) is 91.5 Å². The van der Waals surface area contributed by atoms with Crippen LogP contribution < -0.4 is 15.5 Å². The number of pyridine rings is 1. The van der Waals surface area contributed by atoms with E-state index < -0.39 is 23.6 Å². The minimum atomic E-state index is -4.49. The van der Waals surface area contributed by atoms with E-state index in [9.17, 15) is 27.6 Å². The molecule has 0 spiro atoms. The Labute approximate surface area is 313 Å². The predicted octanol–water partition coefficient (Wildman–Crippen LogP) is 6.73. The molecule has 3 heterocycles. The zero-order valence-corrected chi connectivity index (χ0v) is 30.3. The molecule has 0 aliphatic carbocycles. The summed E-state index contributed by atoms with van der Waals surface area (Å²) in [6.45, 7) is 8.48. The van der Waals surface area contributed by atoms with Gasteiger partial charge in [0.2, 0.25) is 0 Å². The zero-order valence-electron chi connectivity index (χ0n) is 30.3. The van der Waals surface area contributed by atoms with Crippen LogP contribution in [-0.2, 0) is 17.5 Å². The minimum Gasteiger partial charge on any atom is -0.379 e. The van der Waals surface area contributed by atoms with Gasteiger partial charge in [-0.15, -0.1) is 0 Å². The number of piperidine rings is 1. The molecule has 2 aliphatic rings. The van der Waals surface area contributed by atoms with E-state index in [4.69, 9.17) is 4.74 Å². The number of halogens is 3. The molecule has 2 saturated heterocycles. The molecule has 0 unspecified atom stereocenters. The van der Waals surface area contributed by atoms with E-state index >= 15 is 0 Å². The van der Waals surface area contributed by atoms with Gasteiger partial charge >= 0.3 is 6.18 Å². The second-order valence-corrected chi connectivity index (χ2v) is 13.5. The van der Waals surface area contributed by atoms with Crippen molar-refractivity contribution in [2.45, 2.75) is 38.9 Å². The van der Waals surface area contributed by atoms with Crippen molar-refractivity contribution < 1.29 is 32.3 Å². The lowest BCUT2D eigenvalue weighted by atomic mass is 10.0. The van der Waals surface area contributed by atoms with Crippen molar-refractivity contribution in [3.05, 3.63) is 113 Å². The summed E-state index contributed by atoms with van der Waals surface area (Å²) in [6.07, 6.45) is 0.274. The number of rotatable bonds is 12. The zero-order chi connectivity index (χ0) is 38.1. The third-order valence-corrected chi connectivity index (χ3v) is 9.81. The maximum absolute atomic E-state index is 13.8. The van der Waals surface area contributed by atoms with Crippen molar-refractivity contribution in [1.82, 2.24) is 20.1 Å². The summed E-state index contributed by atoms with van der Waals surface area (Å²) in [7, 11) is 0. The number of carbonyl (C=O) groups excluding carboxylic acids is 3. The summed E-state index contributed by atoms with van der Waals surface area (Å²) in [5.41, 5.74) is 2.94. The van der Waals surface area contributed by atoms with Gasteiger partial charge in [-0.1, -0.05) is 18.2 Å². The lowest BCUT2D eigenvalue weighted by Crippen LogP contribution is -2.43. The summed E-state index contributed by atoms with van der Waals surface area (Å²) in [6, 6.07) is 20.3. The average Bonchev–Trinajstić information content (AvgIpc) is 3.20. The highest BCUT2D eigenvalue weighted by Crippen LogP contribution is 2.33. The number of nitrogens with one attached hydrogen (secondary N) is 2. The Morgan fingerprint density at radius 2 is 1.57 bits per heavy atom. The van der Waals surface area contributed by atoms with Gasteiger partial charge in [-0.25, -0.2) is 0 Å². The highest BCUT2D eigenvalue weighted by atomic mass is 19.4. The number of morpholine rings is 1. The first-order valence-electron chi connectivity index (χ1n) is 18.4. The van der Waals surface area contributed by atoms with Crippen LogP contribution in [0.15, 0.2) is 85.1 Å². The van der Waals surface area contributed by atoms with Crippen LogP contribution in [0.2, 0.25) is 0 Å². The van der Waals surface area contributed by atoms with Crippen LogP contribution in [0.4, 0.5) is 24.5 Å². The third kappa shape index (κ3) is 9.83. The van der Waals surface area contributed by atoms with E-state index in [0.29, 0.717) is 59.9 Å². The molecule has 2 N–H and O–H groups in total. The van der Waals surface area contributed by atoms with E-state index in [0.717, 1.165) is 69.8 Å². The molecule has 284 valence electrons. The number of aromatic nitrogens is 1. The second kappa shape index (κ2) is 17.7. The van der Waals surface area contributed by atoms with E-state index in [-0.39, 0.29) is 18.0 Å². The smallest absolute Gasteiger partial charge is 0.379 e. The van der Waals surface area contributed by atoms with Gasteiger partial charge < -0.3 is 25.2 Å². The molecular formula is C41H45F3N6O4. The molecule has 0 saturated carbocycles. The highest BCUT2D eigenvalue weighted by Gasteiger charge is 2.30. The van der Waals surface area contributed by atoms with Gasteiger partial charge in [-0.2, -0.15) is 13.2 Å². The van der Waals surface area contributed by atoms with Gasteiger partial charge in [0.1, 0.15) is 0 Å². The SMILES string of the molecule is CCN(CCN1CCOCC1)C(=O)c1cccc(C(=O)Nc2ccc(N3CCCCC3)cc2-c2cc(C(=O)NCc3cccc(C(F)(F)F)c3)ccn2)c1. The number of nitrogens with zero attached hydrogens (tertiary/aromatic N) is 4. The van der Waals surface area contributed by atoms with Gasteiger partial charge in [-0.05, 0) is 92.4 Å². The van der Waals surface area contributed by atoms with Crippen molar-refractivity contribution in [1.29, 1.82) is 0 Å². The number of likely N-dealkylation sites (N-methyl/N-ethyl adjacent to an activating group) is 1. The normalized spacial score (nSPS) is 15.1. The molecule has 3 aromatic carbocycles. The molecule has 2 fully saturated rings. The highest BCUT2D eigenvalue weighted by molar-refractivity contribution is 6.08. The van der Waals surface area contributed by atoms with E-state index in [1.165, 1.54) is 24.4 Å². The number of hydrogen-bond acceptors (Lipinski definition) is 7. The van der Waals surface area contributed by atoms with Gasteiger partial charge in [-0.3, -0.25) is 24.3 Å². The Kier molecular flexibility index (Phi) is 12.6. The first-order chi connectivity index (χ1) is 26.1. The van der Waals surface area contributed by atoms with Crippen LogP contribution in [0, 0.1) is 0 Å². The first-order valence-corrected chi connectivity index (χ1v) is 18.4. The van der Waals surface area contributed by atoms with E-state index in [2.05, 4.69) is 25.4 Å². The maximum atomic E-state index is 13.8. The Hall–Kier alpha value is -5.27. The van der Waals surface area contributed by atoms with E-state index in [1.807, 2.05) is 25.1 Å². The predicted molar refractivity (Wildman–Crippen MR) is 202 cm³/mol. The quantitative estimate of drug-likeness (QED) is 0.166. The lowest BCUT2D eigenvalue weighted by molar-refractivity contribution is -0.137. The molecule has 4 aromatic rings. The number of hydrogen-bond donors (Lipinski definition) is 2. The Morgan fingerprint density at radius 3 is 2.33 bits per heavy atom. The van der Waals surface area contributed by atoms with Crippen molar-refractivity contribution in [3.63, 3.8) is 0 Å². The molecule has 54 heavy (non-hydrogen) atoms. The molecule has 10 nitrogen and oxygen atoms in total. The molecule has 0 bridgehead atoms. The van der Waals surface area contributed by atoms with Gasteiger partial charge in [0.15, 0.2) is 0 Å². The van der Waals surface area contributed by atoms with Crippen LogP contribution in [0.5, 0.6) is 0 Å². The third-order valence-electron chi connectivity index (χ3n) is 9.81. The van der Waals surface area contributed by atoms with E-state index in [1.54, 1.807) is 35.2 Å².